The molecular formula is C30H30ClN3O4. The summed E-state index contributed by atoms with van der Waals surface area (Å²) >= 11 is 6.71. The third-order valence-electron chi connectivity index (χ3n) is 6.36. The van der Waals surface area contributed by atoms with Crippen LogP contribution in [0.2, 0.25) is 5.02 Å². The number of aliphatic imine (C=N–C) groups is 1. The highest BCUT2D eigenvalue weighted by Gasteiger charge is 2.24. The summed E-state index contributed by atoms with van der Waals surface area (Å²) in [7, 11) is 1.70. The van der Waals surface area contributed by atoms with Gasteiger partial charge in [0, 0.05) is 36.1 Å². The monoisotopic (exact) mass is 531 g/mol. The summed E-state index contributed by atoms with van der Waals surface area (Å²) < 4.78 is 5.12. The van der Waals surface area contributed by atoms with E-state index in [0.29, 0.717) is 27.5 Å². The van der Waals surface area contributed by atoms with E-state index in [1.54, 1.807) is 38.4 Å². The van der Waals surface area contributed by atoms with Crippen LogP contribution in [0.4, 0.5) is 5.82 Å². The van der Waals surface area contributed by atoms with Gasteiger partial charge in [-0.05, 0) is 74.6 Å². The number of carbonyl (C=O) groups excluding carboxylic acids is 2. The topological polar surface area (TPSA) is 92.1 Å². The zero-order valence-electron chi connectivity index (χ0n) is 21.9. The molecule has 0 unspecified atom stereocenters. The average Bonchev–Trinajstić information content (AvgIpc) is 3.74. The van der Waals surface area contributed by atoms with Crippen LogP contribution >= 0.6 is 11.6 Å². The first-order valence-corrected chi connectivity index (χ1v) is 12.8. The normalized spacial score (nSPS) is 13.8. The summed E-state index contributed by atoms with van der Waals surface area (Å²) in [6.45, 7) is 5.61. The minimum atomic E-state index is -0.656. The molecule has 0 saturated heterocycles. The Hall–Kier alpha value is -3.97. The number of hydrogen-bond acceptors (Lipinski definition) is 6. The number of aryl methyl sites for hydroxylation is 1. The number of ether oxygens (including phenoxy) is 1. The molecule has 1 fully saturated rings. The highest BCUT2D eigenvalue weighted by atomic mass is 35.5. The molecule has 1 amide bonds. The summed E-state index contributed by atoms with van der Waals surface area (Å²) in [5.41, 5.74) is 4.01. The van der Waals surface area contributed by atoms with Gasteiger partial charge in [0.2, 0.25) is 0 Å². The first kappa shape index (κ1) is 27.1. The van der Waals surface area contributed by atoms with Crippen molar-refractivity contribution in [2.75, 3.05) is 18.6 Å². The van der Waals surface area contributed by atoms with E-state index in [-0.39, 0.29) is 29.9 Å². The standard InChI is InChI=1S/C30H30ClN3O4/c1-5-38-30(37)25(17-32-22-11-12-22)27(35)24-14-13-23(19(3)26(24)31)21-15-18(2)28(33-16-21)34(4)29(36)20-9-7-6-8-10-20/h6-10,13-17,22,35H,5,11-12H2,1-4H3. The van der Waals surface area contributed by atoms with E-state index >= 15 is 0 Å². The fourth-order valence-corrected chi connectivity index (χ4v) is 4.34. The smallest absolute Gasteiger partial charge is 0.343 e. The molecule has 3 aromatic rings. The SMILES string of the molecule is CCOC(=O)C(C=NC1CC1)=C(O)c1ccc(-c2cnc(N(C)C(=O)c3ccccc3)c(C)c2)c(C)c1Cl. The quantitative estimate of drug-likeness (QED) is 0.158. The van der Waals surface area contributed by atoms with Crippen LogP contribution in [0.3, 0.4) is 0 Å². The Bertz CT molecular complexity index is 1430. The van der Waals surface area contributed by atoms with Gasteiger partial charge in [0.15, 0.2) is 0 Å². The largest absolute Gasteiger partial charge is 0.506 e. The fraction of sp³-hybridized carbons (Fsp3) is 0.267. The average molecular weight is 532 g/mol. The van der Waals surface area contributed by atoms with Crippen LogP contribution in [0, 0.1) is 13.8 Å². The Labute approximate surface area is 227 Å². The van der Waals surface area contributed by atoms with Crippen molar-refractivity contribution in [2.45, 2.75) is 39.7 Å². The number of anilines is 1. The molecule has 38 heavy (non-hydrogen) atoms. The van der Waals surface area contributed by atoms with Crippen LogP contribution in [0.25, 0.3) is 16.9 Å². The predicted molar refractivity (Wildman–Crippen MR) is 151 cm³/mol. The lowest BCUT2D eigenvalue weighted by atomic mass is 9.97. The number of carbonyl (C=O) groups is 2. The van der Waals surface area contributed by atoms with E-state index in [0.717, 1.165) is 29.5 Å². The number of esters is 1. The maximum atomic E-state index is 12.9. The van der Waals surface area contributed by atoms with Gasteiger partial charge in [-0.25, -0.2) is 9.78 Å². The van der Waals surface area contributed by atoms with E-state index in [2.05, 4.69) is 9.98 Å². The maximum absolute atomic E-state index is 12.9. The molecule has 0 aliphatic heterocycles. The zero-order valence-corrected chi connectivity index (χ0v) is 22.6. The van der Waals surface area contributed by atoms with Crippen molar-refractivity contribution in [3.63, 3.8) is 0 Å². The summed E-state index contributed by atoms with van der Waals surface area (Å²) in [5.74, 6) is -0.532. The molecule has 1 N–H and O–H groups in total. The minimum absolute atomic E-state index is 0.0271. The molecule has 1 aliphatic rings. The van der Waals surface area contributed by atoms with Crippen molar-refractivity contribution in [2.24, 2.45) is 4.99 Å². The molecule has 0 atom stereocenters. The van der Waals surface area contributed by atoms with Gasteiger partial charge >= 0.3 is 5.97 Å². The van der Waals surface area contributed by atoms with Crippen molar-refractivity contribution in [1.29, 1.82) is 0 Å². The number of pyridine rings is 1. The highest BCUT2D eigenvalue weighted by Crippen LogP contribution is 2.36. The molecule has 1 heterocycles. The van der Waals surface area contributed by atoms with Crippen molar-refractivity contribution < 1.29 is 19.4 Å². The third kappa shape index (κ3) is 5.78. The number of aliphatic hydroxyl groups is 1. The number of hydrogen-bond donors (Lipinski definition) is 1. The van der Waals surface area contributed by atoms with Gasteiger partial charge in [-0.1, -0.05) is 35.9 Å². The van der Waals surface area contributed by atoms with E-state index in [1.165, 1.54) is 11.1 Å². The highest BCUT2D eigenvalue weighted by molar-refractivity contribution is 6.34. The van der Waals surface area contributed by atoms with Gasteiger partial charge in [-0.3, -0.25) is 14.7 Å². The number of amides is 1. The van der Waals surface area contributed by atoms with Gasteiger partial charge in [0.25, 0.3) is 5.91 Å². The van der Waals surface area contributed by atoms with E-state index in [9.17, 15) is 14.7 Å². The van der Waals surface area contributed by atoms with Crippen LogP contribution in [0.1, 0.15) is 46.8 Å². The lowest BCUT2D eigenvalue weighted by Crippen LogP contribution is -2.27. The minimum Gasteiger partial charge on any atom is -0.506 e. The molecular weight excluding hydrogens is 502 g/mol. The molecule has 1 aliphatic carbocycles. The van der Waals surface area contributed by atoms with Gasteiger partial charge in [-0.2, -0.15) is 0 Å². The first-order valence-electron chi connectivity index (χ1n) is 12.5. The van der Waals surface area contributed by atoms with Crippen LogP contribution in [-0.4, -0.2) is 47.9 Å². The molecule has 1 aromatic heterocycles. The Morgan fingerprint density at radius 3 is 2.53 bits per heavy atom. The van der Waals surface area contributed by atoms with Crippen molar-refractivity contribution in [3.05, 3.63) is 87.6 Å². The van der Waals surface area contributed by atoms with Crippen LogP contribution in [0.5, 0.6) is 0 Å². The van der Waals surface area contributed by atoms with Gasteiger partial charge in [0.05, 0.1) is 17.7 Å². The lowest BCUT2D eigenvalue weighted by molar-refractivity contribution is -0.137. The van der Waals surface area contributed by atoms with Gasteiger partial charge in [-0.15, -0.1) is 0 Å². The second kappa shape index (κ2) is 11.6. The maximum Gasteiger partial charge on any atom is 0.343 e. The second-order valence-electron chi connectivity index (χ2n) is 9.19. The molecule has 4 rings (SSSR count). The number of benzene rings is 2. The van der Waals surface area contributed by atoms with Crippen molar-refractivity contribution >= 4 is 41.3 Å². The zero-order chi connectivity index (χ0) is 27.4. The van der Waals surface area contributed by atoms with Crippen molar-refractivity contribution in [1.82, 2.24) is 4.98 Å². The van der Waals surface area contributed by atoms with E-state index in [1.807, 2.05) is 44.2 Å². The van der Waals surface area contributed by atoms with Crippen LogP contribution in [0.15, 0.2) is 65.3 Å². The van der Waals surface area contributed by atoms with Crippen LogP contribution < -0.4 is 4.90 Å². The Balaban J connectivity index is 1.66. The van der Waals surface area contributed by atoms with Gasteiger partial charge in [0.1, 0.15) is 17.2 Å². The first-order chi connectivity index (χ1) is 18.2. The summed E-state index contributed by atoms with van der Waals surface area (Å²) in [4.78, 5) is 35.9. The van der Waals surface area contributed by atoms with Crippen LogP contribution in [-0.2, 0) is 9.53 Å². The number of halogens is 1. The molecule has 1 saturated carbocycles. The molecule has 0 bridgehead atoms. The summed E-state index contributed by atoms with van der Waals surface area (Å²) in [6, 6.07) is 14.6. The van der Waals surface area contributed by atoms with Gasteiger partial charge < -0.3 is 9.84 Å². The Morgan fingerprint density at radius 1 is 1.18 bits per heavy atom. The number of aromatic nitrogens is 1. The lowest BCUT2D eigenvalue weighted by Gasteiger charge is -2.20. The number of nitrogens with zero attached hydrogens (tertiary/aromatic N) is 3. The Morgan fingerprint density at radius 2 is 1.89 bits per heavy atom. The molecule has 7 nitrogen and oxygen atoms in total. The summed E-state index contributed by atoms with van der Waals surface area (Å²) in [6.07, 6.45) is 5.00. The Kier molecular flexibility index (Phi) is 8.27. The molecule has 2 aromatic carbocycles. The van der Waals surface area contributed by atoms with Crippen molar-refractivity contribution in [3.8, 4) is 11.1 Å². The molecule has 0 radical (unpaired) electrons. The number of aliphatic hydroxyl groups excluding tert-OH is 1. The molecule has 196 valence electrons. The fourth-order valence-electron chi connectivity index (χ4n) is 4.09. The van der Waals surface area contributed by atoms with E-state index < -0.39 is 5.97 Å². The third-order valence-corrected chi connectivity index (χ3v) is 6.85. The second-order valence-corrected chi connectivity index (χ2v) is 9.56. The number of rotatable bonds is 8. The molecule has 0 spiro atoms. The van der Waals surface area contributed by atoms with E-state index in [4.69, 9.17) is 16.3 Å². The summed E-state index contributed by atoms with van der Waals surface area (Å²) in [5, 5.41) is 11.3. The molecule has 8 heteroatoms. The predicted octanol–water partition coefficient (Wildman–Crippen LogP) is 6.36.